The van der Waals surface area contributed by atoms with Gasteiger partial charge in [-0.15, -0.1) is 0 Å². The number of carbonyl (C=O) groups is 1. The average Bonchev–Trinajstić information content (AvgIpc) is 3.09. The van der Waals surface area contributed by atoms with Crippen LogP contribution >= 0.6 is 0 Å². The maximum Gasteiger partial charge on any atom is 0.321 e. The zero-order chi connectivity index (χ0) is 16.4. The number of hydrogen-bond donors (Lipinski definition) is 1. The molecule has 1 aromatic carbocycles. The van der Waals surface area contributed by atoms with Crippen molar-refractivity contribution in [3.63, 3.8) is 0 Å². The van der Waals surface area contributed by atoms with Gasteiger partial charge in [-0.3, -0.25) is 0 Å². The molecule has 1 aromatic rings. The second-order valence-corrected chi connectivity index (χ2v) is 6.46. The molecular weight excluding hydrogens is 296 g/mol. The number of benzene rings is 1. The van der Waals surface area contributed by atoms with Gasteiger partial charge in [0.1, 0.15) is 0 Å². The first-order chi connectivity index (χ1) is 11.0. The molecule has 0 aromatic heterocycles. The van der Waals surface area contributed by atoms with Crippen LogP contribution in [0.15, 0.2) is 18.2 Å². The van der Waals surface area contributed by atoms with Gasteiger partial charge < -0.3 is 24.4 Å². The van der Waals surface area contributed by atoms with Gasteiger partial charge in [0, 0.05) is 51.2 Å². The lowest BCUT2D eigenvalue weighted by Gasteiger charge is -2.24. The SMILES string of the molecule is CCN(C[C@H]1CCOC1)C(=O)Nc1ccc2c(c1)OC(C)(C)O2. The third-order valence-corrected chi connectivity index (χ3v) is 4.08. The molecule has 6 nitrogen and oxygen atoms in total. The van der Waals surface area contributed by atoms with Gasteiger partial charge in [-0.2, -0.15) is 0 Å². The normalized spacial score (nSPS) is 21.3. The van der Waals surface area contributed by atoms with Crippen LogP contribution in [0.1, 0.15) is 27.2 Å². The van der Waals surface area contributed by atoms with Crippen molar-refractivity contribution in [2.24, 2.45) is 5.92 Å². The van der Waals surface area contributed by atoms with Gasteiger partial charge in [0.25, 0.3) is 0 Å². The Balaban J connectivity index is 1.63. The van der Waals surface area contributed by atoms with Crippen molar-refractivity contribution in [3.8, 4) is 11.5 Å². The molecule has 2 aliphatic rings. The van der Waals surface area contributed by atoms with Gasteiger partial charge in [-0.1, -0.05) is 0 Å². The van der Waals surface area contributed by atoms with Gasteiger partial charge in [-0.05, 0) is 25.5 Å². The van der Waals surface area contributed by atoms with E-state index in [4.69, 9.17) is 14.2 Å². The van der Waals surface area contributed by atoms with Crippen LogP contribution in [0.2, 0.25) is 0 Å². The second kappa shape index (κ2) is 6.28. The van der Waals surface area contributed by atoms with Crippen LogP contribution < -0.4 is 14.8 Å². The Kier molecular flexibility index (Phi) is 4.35. The van der Waals surface area contributed by atoms with Crippen molar-refractivity contribution in [1.82, 2.24) is 4.90 Å². The molecule has 3 rings (SSSR count). The topological polar surface area (TPSA) is 60.0 Å². The quantitative estimate of drug-likeness (QED) is 0.926. The second-order valence-electron chi connectivity index (χ2n) is 6.46. The highest BCUT2D eigenvalue weighted by atomic mass is 16.7. The van der Waals surface area contributed by atoms with Crippen LogP contribution in [-0.4, -0.2) is 43.0 Å². The molecule has 126 valence electrons. The summed E-state index contributed by atoms with van der Waals surface area (Å²) in [5.74, 6) is 1.12. The van der Waals surface area contributed by atoms with Crippen molar-refractivity contribution in [3.05, 3.63) is 18.2 Å². The molecule has 0 radical (unpaired) electrons. The van der Waals surface area contributed by atoms with Crippen LogP contribution in [-0.2, 0) is 4.74 Å². The van der Waals surface area contributed by atoms with Crippen molar-refractivity contribution < 1.29 is 19.0 Å². The molecule has 23 heavy (non-hydrogen) atoms. The number of anilines is 1. The Morgan fingerprint density at radius 2 is 2.13 bits per heavy atom. The van der Waals surface area contributed by atoms with Crippen LogP contribution in [0, 0.1) is 5.92 Å². The summed E-state index contributed by atoms with van der Waals surface area (Å²) < 4.78 is 16.7. The lowest BCUT2D eigenvalue weighted by Crippen LogP contribution is -2.38. The minimum absolute atomic E-state index is 0.0995. The number of hydrogen-bond acceptors (Lipinski definition) is 4. The average molecular weight is 320 g/mol. The van der Waals surface area contributed by atoms with E-state index in [1.807, 2.05) is 37.8 Å². The smallest absolute Gasteiger partial charge is 0.321 e. The maximum absolute atomic E-state index is 12.5. The summed E-state index contributed by atoms with van der Waals surface area (Å²) in [6.07, 6.45) is 1.02. The molecule has 6 heteroatoms. The predicted octanol–water partition coefficient (Wildman–Crippen LogP) is 3.08. The standard InChI is InChI=1S/C17H24N2O4/c1-4-19(10-12-7-8-21-11-12)16(20)18-13-5-6-14-15(9-13)23-17(2,3)22-14/h5-6,9,12H,4,7-8,10-11H2,1-3H3,(H,18,20)/t12-/m1/s1. The monoisotopic (exact) mass is 320 g/mol. The van der Waals surface area contributed by atoms with E-state index in [1.165, 1.54) is 0 Å². The van der Waals surface area contributed by atoms with Crippen molar-refractivity contribution in [1.29, 1.82) is 0 Å². The van der Waals surface area contributed by atoms with Crippen molar-refractivity contribution >= 4 is 11.7 Å². The van der Waals surface area contributed by atoms with E-state index >= 15 is 0 Å². The summed E-state index contributed by atoms with van der Waals surface area (Å²) in [7, 11) is 0. The van der Waals surface area contributed by atoms with E-state index in [2.05, 4.69) is 5.32 Å². The summed E-state index contributed by atoms with van der Waals surface area (Å²) in [6, 6.07) is 5.35. The summed E-state index contributed by atoms with van der Waals surface area (Å²) in [5.41, 5.74) is 0.705. The third kappa shape index (κ3) is 3.69. The van der Waals surface area contributed by atoms with Gasteiger partial charge in [-0.25, -0.2) is 4.79 Å². The summed E-state index contributed by atoms with van der Waals surface area (Å²) in [5, 5.41) is 2.93. The minimum atomic E-state index is -0.664. The van der Waals surface area contributed by atoms with Crippen molar-refractivity contribution in [2.75, 3.05) is 31.6 Å². The number of nitrogens with zero attached hydrogens (tertiary/aromatic N) is 1. The molecule has 1 N–H and O–H groups in total. The number of ether oxygens (including phenoxy) is 3. The highest BCUT2D eigenvalue weighted by molar-refractivity contribution is 5.89. The Hall–Kier alpha value is -1.95. The number of nitrogens with one attached hydrogen (secondary N) is 1. The van der Waals surface area contributed by atoms with Crippen LogP contribution in [0.4, 0.5) is 10.5 Å². The number of carbonyl (C=O) groups excluding carboxylic acids is 1. The predicted molar refractivity (Wildman–Crippen MR) is 87.0 cm³/mol. The zero-order valence-corrected chi connectivity index (χ0v) is 13.9. The fourth-order valence-corrected chi connectivity index (χ4v) is 2.90. The molecule has 0 unspecified atom stereocenters. The molecule has 0 saturated carbocycles. The number of fused-ring (bicyclic) bond motifs is 1. The lowest BCUT2D eigenvalue weighted by molar-refractivity contribution is -0.0431. The number of amides is 2. The van der Waals surface area contributed by atoms with Crippen LogP contribution in [0.25, 0.3) is 0 Å². The first-order valence-corrected chi connectivity index (χ1v) is 8.12. The Bertz CT molecular complexity index is 582. The van der Waals surface area contributed by atoms with Gasteiger partial charge in [0.15, 0.2) is 11.5 Å². The molecule has 2 heterocycles. The van der Waals surface area contributed by atoms with E-state index in [0.717, 1.165) is 26.2 Å². The zero-order valence-electron chi connectivity index (χ0n) is 13.9. The van der Waals surface area contributed by atoms with Crippen LogP contribution in [0.3, 0.4) is 0 Å². The van der Waals surface area contributed by atoms with E-state index < -0.39 is 5.79 Å². The van der Waals surface area contributed by atoms with Gasteiger partial charge in [0.05, 0.1) is 6.61 Å². The largest absolute Gasteiger partial charge is 0.449 e. The summed E-state index contributed by atoms with van der Waals surface area (Å²) >= 11 is 0. The Labute approximate surface area is 136 Å². The molecule has 2 amide bonds. The first kappa shape index (κ1) is 15.9. The van der Waals surface area contributed by atoms with Crippen LogP contribution in [0.5, 0.6) is 11.5 Å². The fraction of sp³-hybridized carbons (Fsp3) is 0.588. The van der Waals surface area contributed by atoms with Gasteiger partial charge >= 0.3 is 6.03 Å². The van der Waals surface area contributed by atoms with E-state index in [9.17, 15) is 4.79 Å². The molecule has 0 bridgehead atoms. The third-order valence-electron chi connectivity index (χ3n) is 4.08. The maximum atomic E-state index is 12.5. The molecule has 0 aliphatic carbocycles. The molecular formula is C17H24N2O4. The highest BCUT2D eigenvalue weighted by Crippen LogP contribution is 2.40. The fourth-order valence-electron chi connectivity index (χ4n) is 2.90. The molecule has 1 fully saturated rings. The highest BCUT2D eigenvalue weighted by Gasteiger charge is 2.31. The minimum Gasteiger partial charge on any atom is -0.449 e. The molecule has 2 aliphatic heterocycles. The van der Waals surface area contributed by atoms with Crippen molar-refractivity contribution in [2.45, 2.75) is 33.0 Å². The Morgan fingerprint density at radius 1 is 1.35 bits per heavy atom. The first-order valence-electron chi connectivity index (χ1n) is 8.12. The molecule has 1 atom stereocenters. The molecule has 1 saturated heterocycles. The summed E-state index contributed by atoms with van der Waals surface area (Å²) in [4.78, 5) is 14.3. The lowest BCUT2D eigenvalue weighted by atomic mass is 10.1. The van der Waals surface area contributed by atoms with E-state index in [1.54, 1.807) is 6.07 Å². The summed E-state index contributed by atoms with van der Waals surface area (Å²) in [6.45, 7) is 8.61. The number of urea groups is 1. The van der Waals surface area contributed by atoms with Gasteiger partial charge in [0.2, 0.25) is 5.79 Å². The van der Waals surface area contributed by atoms with E-state index in [0.29, 0.717) is 29.6 Å². The molecule has 0 spiro atoms. The van der Waals surface area contributed by atoms with E-state index in [-0.39, 0.29) is 6.03 Å². The number of rotatable bonds is 4. The Morgan fingerprint density at radius 3 is 2.83 bits per heavy atom.